The number of anilines is 2. The third-order valence-electron chi connectivity index (χ3n) is 2.59. The van der Waals surface area contributed by atoms with Gasteiger partial charge in [-0.3, -0.25) is 0 Å². The van der Waals surface area contributed by atoms with Crippen LogP contribution in [-0.4, -0.2) is 4.98 Å². The second-order valence-corrected chi connectivity index (χ2v) is 3.92. The molecule has 0 spiro atoms. The van der Waals surface area contributed by atoms with Crippen LogP contribution in [0.1, 0.15) is 11.1 Å². The predicted octanol–water partition coefficient (Wildman–Crippen LogP) is 3.30. The van der Waals surface area contributed by atoms with Crippen LogP contribution in [-0.2, 0) is 12.7 Å². The summed E-state index contributed by atoms with van der Waals surface area (Å²) < 4.78 is 37.2. The molecule has 1 aromatic heterocycles. The molecule has 1 heterocycles. The molecule has 3 nitrogen and oxygen atoms in total. The summed E-state index contributed by atoms with van der Waals surface area (Å²) in [4.78, 5) is 4.10. The smallest absolute Gasteiger partial charge is 0.340 e. The quantitative estimate of drug-likeness (QED) is 0.897. The summed E-state index contributed by atoms with van der Waals surface area (Å²) in [6.07, 6.45) is -2.74. The normalized spacial score (nSPS) is 11.4. The van der Waals surface area contributed by atoms with Crippen molar-refractivity contribution >= 4 is 11.5 Å². The van der Waals surface area contributed by atoms with Crippen molar-refractivity contribution in [1.82, 2.24) is 4.98 Å². The van der Waals surface area contributed by atoms with Gasteiger partial charge in [0, 0.05) is 24.0 Å². The minimum Gasteiger partial charge on any atom is -0.340 e. The number of nitrogens with one attached hydrogen (secondary N) is 1. The minimum absolute atomic E-state index is 0.302. The van der Waals surface area contributed by atoms with Crippen molar-refractivity contribution in [3.05, 3.63) is 53.7 Å². The first-order valence-electron chi connectivity index (χ1n) is 5.59. The summed E-state index contributed by atoms with van der Waals surface area (Å²) in [5.74, 6) is 0.546. The van der Waals surface area contributed by atoms with Crippen molar-refractivity contribution in [1.29, 1.82) is 0 Å². The van der Waals surface area contributed by atoms with Crippen LogP contribution < -0.4 is 11.1 Å². The van der Waals surface area contributed by atoms with Gasteiger partial charge in [0.05, 0.1) is 5.56 Å². The average Bonchev–Trinajstić information content (AvgIpc) is 2.39. The number of nitrogens with two attached hydrogens (primary N) is 1. The number of hydrogen-bond donors (Lipinski definition) is 2. The molecule has 3 N–H and O–H groups in total. The third kappa shape index (κ3) is 3.23. The van der Waals surface area contributed by atoms with Crippen molar-refractivity contribution in [2.45, 2.75) is 12.7 Å². The van der Waals surface area contributed by atoms with Crippen molar-refractivity contribution in [2.75, 3.05) is 5.32 Å². The maximum absolute atomic E-state index is 12.4. The van der Waals surface area contributed by atoms with E-state index in [9.17, 15) is 13.2 Å². The van der Waals surface area contributed by atoms with E-state index in [0.29, 0.717) is 18.1 Å². The second-order valence-electron chi connectivity index (χ2n) is 3.92. The molecule has 0 aliphatic rings. The first kappa shape index (κ1) is 13.4. The molecular formula is C13H12F3N3. The lowest BCUT2D eigenvalue weighted by Crippen LogP contribution is -2.06. The molecule has 0 saturated carbocycles. The Balaban J connectivity index is 2.20. The van der Waals surface area contributed by atoms with E-state index in [0.717, 1.165) is 17.7 Å². The van der Waals surface area contributed by atoms with E-state index in [-0.39, 0.29) is 0 Å². The molecule has 0 unspecified atom stereocenters. The third-order valence-corrected chi connectivity index (χ3v) is 2.59. The van der Waals surface area contributed by atoms with Crippen molar-refractivity contribution in [3.8, 4) is 0 Å². The van der Waals surface area contributed by atoms with Gasteiger partial charge in [-0.15, -0.1) is 0 Å². The van der Waals surface area contributed by atoms with Gasteiger partial charge < -0.3 is 11.1 Å². The molecule has 0 bridgehead atoms. The van der Waals surface area contributed by atoms with E-state index in [1.807, 2.05) is 0 Å². The SMILES string of the molecule is NCc1cccnc1Nc1ccc(C(F)(F)F)cc1. The zero-order chi connectivity index (χ0) is 13.9. The van der Waals surface area contributed by atoms with E-state index in [1.54, 1.807) is 18.3 Å². The molecular weight excluding hydrogens is 255 g/mol. The molecule has 0 aliphatic carbocycles. The molecule has 0 atom stereocenters. The lowest BCUT2D eigenvalue weighted by molar-refractivity contribution is -0.137. The molecule has 6 heteroatoms. The minimum atomic E-state index is -4.33. The van der Waals surface area contributed by atoms with Crippen molar-refractivity contribution in [2.24, 2.45) is 5.73 Å². The van der Waals surface area contributed by atoms with Gasteiger partial charge in [-0.2, -0.15) is 13.2 Å². The standard InChI is InChI=1S/C13H12F3N3/c14-13(15,16)10-3-5-11(6-4-10)19-12-9(8-17)2-1-7-18-12/h1-7H,8,17H2,(H,18,19). The molecule has 0 saturated heterocycles. The largest absolute Gasteiger partial charge is 0.416 e. The first-order valence-corrected chi connectivity index (χ1v) is 5.59. The number of pyridine rings is 1. The number of rotatable bonds is 3. The Morgan fingerprint density at radius 3 is 2.37 bits per heavy atom. The van der Waals surface area contributed by atoms with Crippen LogP contribution in [0.2, 0.25) is 0 Å². The van der Waals surface area contributed by atoms with Crippen LogP contribution in [0.3, 0.4) is 0 Å². The van der Waals surface area contributed by atoms with E-state index >= 15 is 0 Å². The second kappa shape index (κ2) is 5.27. The Kier molecular flexibility index (Phi) is 3.71. The molecule has 0 amide bonds. The number of hydrogen-bond acceptors (Lipinski definition) is 3. The zero-order valence-corrected chi connectivity index (χ0v) is 9.91. The van der Waals surface area contributed by atoms with Gasteiger partial charge in [-0.25, -0.2) is 4.98 Å². The molecule has 0 aliphatic heterocycles. The fourth-order valence-corrected chi connectivity index (χ4v) is 1.60. The fraction of sp³-hybridized carbons (Fsp3) is 0.154. The van der Waals surface area contributed by atoms with Gasteiger partial charge in [0.25, 0.3) is 0 Å². The highest BCUT2D eigenvalue weighted by Crippen LogP contribution is 2.30. The fourth-order valence-electron chi connectivity index (χ4n) is 1.60. The van der Waals surface area contributed by atoms with E-state index in [1.165, 1.54) is 12.1 Å². The van der Waals surface area contributed by atoms with Gasteiger partial charge in [-0.05, 0) is 30.3 Å². The molecule has 100 valence electrons. The molecule has 0 radical (unpaired) electrons. The van der Waals surface area contributed by atoms with Crippen molar-refractivity contribution in [3.63, 3.8) is 0 Å². The van der Waals surface area contributed by atoms with E-state index < -0.39 is 11.7 Å². The average molecular weight is 267 g/mol. The monoisotopic (exact) mass is 267 g/mol. The Labute approximate surface area is 108 Å². The Morgan fingerprint density at radius 1 is 1.11 bits per heavy atom. The molecule has 2 aromatic rings. The van der Waals surface area contributed by atoms with Crippen LogP contribution in [0.15, 0.2) is 42.6 Å². The molecule has 2 rings (SSSR count). The summed E-state index contributed by atoms with van der Waals surface area (Å²) in [7, 11) is 0. The van der Waals surface area contributed by atoms with E-state index in [4.69, 9.17) is 5.73 Å². The Hall–Kier alpha value is -2.08. The van der Waals surface area contributed by atoms with Crippen LogP contribution in [0.5, 0.6) is 0 Å². The zero-order valence-electron chi connectivity index (χ0n) is 9.91. The van der Waals surface area contributed by atoms with Crippen LogP contribution in [0.4, 0.5) is 24.7 Å². The lowest BCUT2D eigenvalue weighted by atomic mass is 10.2. The molecule has 1 aromatic carbocycles. The number of benzene rings is 1. The van der Waals surface area contributed by atoms with Gasteiger partial charge in [-0.1, -0.05) is 6.07 Å². The van der Waals surface area contributed by atoms with Gasteiger partial charge in [0.2, 0.25) is 0 Å². The summed E-state index contributed by atoms with van der Waals surface area (Å²) in [5, 5.41) is 2.94. The number of aromatic nitrogens is 1. The highest BCUT2D eigenvalue weighted by Gasteiger charge is 2.29. The number of alkyl halides is 3. The lowest BCUT2D eigenvalue weighted by Gasteiger charge is -2.11. The highest BCUT2D eigenvalue weighted by molar-refractivity contribution is 5.59. The summed E-state index contributed by atoms with van der Waals surface area (Å²) >= 11 is 0. The van der Waals surface area contributed by atoms with Gasteiger partial charge >= 0.3 is 6.18 Å². The molecule has 19 heavy (non-hydrogen) atoms. The predicted molar refractivity (Wildman–Crippen MR) is 66.9 cm³/mol. The summed E-state index contributed by atoms with van der Waals surface area (Å²) in [6, 6.07) is 8.32. The first-order chi connectivity index (χ1) is 9.00. The number of halogens is 3. The number of nitrogens with zero attached hydrogens (tertiary/aromatic N) is 1. The highest BCUT2D eigenvalue weighted by atomic mass is 19.4. The van der Waals surface area contributed by atoms with Crippen LogP contribution >= 0.6 is 0 Å². The van der Waals surface area contributed by atoms with Gasteiger partial charge in [0.15, 0.2) is 0 Å². The maximum atomic E-state index is 12.4. The topological polar surface area (TPSA) is 50.9 Å². The summed E-state index contributed by atoms with van der Waals surface area (Å²) in [6.45, 7) is 0.302. The van der Waals surface area contributed by atoms with Gasteiger partial charge in [0.1, 0.15) is 5.82 Å². The maximum Gasteiger partial charge on any atom is 0.416 e. The van der Waals surface area contributed by atoms with Crippen LogP contribution in [0, 0.1) is 0 Å². The Morgan fingerprint density at radius 2 is 1.79 bits per heavy atom. The Bertz CT molecular complexity index is 550. The van der Waals surface area contributed by atoms with E-state index in [2.05, 4.69) is 10.3 Å². The molecule has 0 fully saturated rings. The summed E-state index contributed by atoms with van der Waals surface area (Å²) in [5.41, 5.74) is 6.20. The van der Waals surface area contributed by atoms with Crippen LogP contribution in [0.25, 0.3) is 0 Å². The van der Waals surface area contributed by atoms with Crippen molar-refractivity contribution < 1.29 is 13.2 Å².